The maximum Gasteiger partial charge on any atom is 0.240 e. The van der Waals surface area contributed by atoms with Gasteiger partial charge in [-0.1, -0.05) is 6.92 Å². The van der Waals surface area contributed by atoms with E-state index in [9.17, 15) is 4.79 Å². The number of hydrogen-bond acceptors (Lipinski definition) is 3. The van der Waals surface area contributed by atoms with Crippen LogP contribution in [-0.2, 0) is 16.1 Å². The van der Waals surface area contributed by atoms with Gasteiger partial charge in [-0.2, -0.15) is 0 Å². The second-order valence-electron chi connectivity index (χ2n) is 6.34. The summed E-state index contributed by atoms with van der Waals surface area (Å²) >= 11 is 0. The van der Waals surface area contributed by atoms with Crippen LogP contribution in [0.5, 0.6) is 0 Å². The molecule has 0 aliphatic carbocycles. The molecule has 2 aromatic rings. The lowest BCUT2D eigenvalue weighted by molar-refractivity contribution is -0.122. The molecule has 5 heteroatoms. The molecule has 0 radical (unpaired) electrons. The molecule has 1 aliphatic rings. The van der Waals surface area contributed by atoms with Gasteiger partial charge in [0.25, 0.3) is 0 Å². The smallest absolute Gasteiger partial charge is 0.240 e. The predicted octanol–water partition coefficient (Wildman–Crippen LogP) is 2.85. The fourth-order valence-corrected chi connectivity index (χ4v) is 3.17. The molecule has 1 atom stereocenters. The van der Waals surface area contributed by atoms with Gasteiger partial charge in [0, 0.05) is 42.5 Å². The van der Waals surface area contributed by atoms with Crippen LogP contribution in [0.3, 0.4) is 0 Å². The maximum absolute atomic E-state index is 12.4. The topological polar surface area (TPSA) is 56.2 Å². The Hall–Kier alpha value is -1.88. The Balaban J connectivity index is 1.91. The number of carbonyl (C=O) groups excluding carboxylic acids is 1. The molecule has 0 unspecified atom stereocenters. The third kappa shape index (κ3) is 3.55. The van der Waals surface area contributed by atoms with Crippen LogP contribution in [-0.4, -0.2) is 34.7 Å². The molecule has 0 saturated carbocycles. The van der Waals surface area contributed by atoms with Gasteiger partial charge in [0.2, 0.25) is 5.91 Å². The van der Waals surface area contributed by atoms with Crippen molar-refractivity contribution in [2.45, 2.75) is 51.6 Å². The zero-order chi connectivity index (χ0) is 16.2. The van der Waals surface area contributed by atoms with E-state index < -0.39 is 0 Å². The van der Waals surface area contributed by atoms with Gasteiger partial charge in [0.15, 0.2) is 0 Å². The van der Waals surface area contributed by atoms with Crippen LogP contribution in [0.25, 0.3) is 11.0 Å². The summed E-state index contributed by atoms with van der Waals surface area (Å²) in [5.41, 5.74) is 2.11. The standard InChI is InChI=1S/C18H25N3O2/c1-3-13(2)20-17(22)12-21-16(14-6-9-23-10-7-14)11-15-5-4-8-19-18(15)21/h4-5,8,11,13-14H,3,6-7,9-10,12H2,1-2H3,(H,20,22)/t13-/m1/s1. The molecule has 5 nitrogen and oxygen atoms in total. The number of ether oxygens (including phenoxy) is 1. The lowest BCUT2D eigenvalue weighted by atomic mass is 9.96. The first-order valence-electron chi connectivity index (χ1n) is 8.50. The van der Waals surface area contributed by atoms with E-state index in [1.54, 1.807) is 6.20 Å². The van der Waals surface area contributed by atoms with E-state index in [1.165, 1.54) is 5.69 Å². The van der Waals surface area contributed by atoms with Gasteiger partial charge in [-0.15, -0.1) is 0 Å². The molecule has 23 heavy (non-hydrogen) atoms. The minimum absolute atomic E-state index is 0.0517. The van der Waals surface area contributed by atoms with Crippen molar-refractivity contribution in [3.8, 4) is 0 Å². The Kier molecular flexibility index (Phi) is 4.96. The first kappa shape index (κ1) is 16.0. The Morgan fingerprint density at radius 3 is 3.00 bits per heavy atom. The molecule has 2 aromatic heterocycles. The molecule has 1 saturated heterocycles. The number of hydrogen-bond donors (Lipinski definition) is 1. The van der Waals surface area contributed by atoms with E-state index in [-0.39, 0.29) is 11.9 Å². The molecule has 1 N–H and O–H groups in total. The highest BCUT2D eigenvalue weighted by atomic mass is 16.5. The van der Waals surface area contributed by atoms with Gasteiger partial charge in [0.05, 0.1) is 0 Å². The highest BCUT2D eigenvalue weighted by molar-refractivity contribution is 5.82. The van der Waals surface area contributed by atoms with Gasteiger partial charge in [0.1, 0.15) is 12.2 Å². The predicted molar refractivity (Wildman–Crippen MR) is 90.4 cm³/mol. The third-order valence-electron chi connectivity index (χ3n) is 4.65. The van der Waals surface area contributed by atoms with Crippen LogP contribution in [0, 0.1) is 0 Å². The Bertz CT molecular complexity index is 674. The minimum atomic E-state index is 0.0517. The highest BCUT2D eigenvalue weighted by Crippen LogP contribution is 2.31. The first-order chi connectivity index (χ1) is 11.2. The van der Waals surface area contributed by atoms with Crippen LogP contribution < -0.4 is 5.32 Å². The number of nitrogens with zero attached hydrogens (tertiary/aromatic N) is 2. The Morgan fingerprint density at radius 2 is 2.26 bits per heavy atom. The quantitative estimate of drug-likeness (QED) is 0.923. The van der Waals surface area contributed by atoms with E-state index >= 15 is 0 Å². The molecule has 1 aliphatic heterocycles. The summed E-state index contributed by atoms with van der Waals surface area (Å²) in [4.78, 5) is 16.9. The molecule has 0 bridgehead atoms. The summed E-state index contributed by atoms with van der Waals surface area (Å²) in [6, 6.07) is 6.40. The van der Waals surface area contributed by atoms with Crippen molar-refractivity contribution in [1.82, 2.24) is 14.9 Å². The Morgan fingerprint density at radius 1 is 1.48 bits per heavy atom. The van der Waals surface area contributed by atoms with E-state index in [0.29, 0.717) is 12.5 Å². The van der Waals surface area contributed by atoms with E-state index in [1.807, 2.05) is 13.0 Å². The number of fused-ring (bicyclic) bond motifs is 1. The third-order valence-corrected chi connectivity index (χ3v) is 4.65. The Labute approximate surface area is 137 Å². The van der Waals surface area contributed by atoms with E-state index in [0.717, 1.165) is 43.5 Å². The number of rotatable bonds is 5. The highest BCUT2D eigenvalue weighted by Gasteiger charge is 2.22. The van der Waals surface area contributed by atoms with Crippen molar-refractivity contribution < 1.29 is 9.53 Å². The van der Waals surface area contributed by atoms with Crippen molar-refractivity contribution in [2.75, 3.05) is 13.2 Å². The average molecular weight is 315 g/mol. The van der Waals surface area contributed by atoms with Crippen molar-refractivity contribution >= 4 is 16.9 Å². The molecule has 3 rings (SSSR count). The summed E-state index contributed by atoms with van der Waals surface area (Å²) < 4.78 is 7.57. The summed E-state index contributed by atoms with van der Waals surface area (Å²) in [6.07, 6.45) is 4.73. The van der Waals surface area contributed by atoms with Crippen LogP contribution in [0.4, 0.5) is 0 Å². The van der Waals surface area contributed by atoms with Gasteiger partial charge in [-0.3, -0.25) is 4.79 Å². The molecule has 1 fully saturated rings. The summed E-state index contributed by atoms with van der Waals surface area (Å²) in [5, 5.41) is 4.15. The molecule has 3 heterocycles. The first-order valence-corrected chi connectivity index (χ1v) is 8.50. The normalized spacial score (nSPS) is 17.3. The number of pyridine rings is 1. The molecule has 0 aromatic carbocycles. The van der Waals surface area contributed by atoms with Crippen LogP contribution in [0.2, 0.25) is 0 Å². The second kappa shape index (κ2) is 7.13. The lowest BCUT2D eigenvalue weighted by Crippen LogP contribution is -2.35. The van der Waals surface area contributed by atoms with Crippen LogP contribution in [0.15, 0.2) is 24.4 Å². The molecule has 0 spiro atoms. The summed E-state index contributed by atoms with van der Waals surface area (Å²) in [5.74, 6) is 0.491. The van der Waals surface area contributed by atoms with E-state index in [2.05, 4.69) is 33.9 Å². The summed E-state index contributed by atoms with van der Waals surface area (Å²) in [7, 11) is 0. The summed E-state index contributed by atoms with van der Waals surface area (Å²) in [6.45, 7) is 6.02. The zero-order valence-corrected chi connectivity index (χ0v) is 13.9. The van der Waals surface area contributed by atoms with Gasteiger partial charge < -0.3 is 14.6 Å². The number of aromatic nitrogens is 2. The van der Waals surface area contributed by atoms with Crippen molar-refractivity contribution in [3.63, 3.8) is 0 Å². The van der Waals surface area contributed by atoms with Crippen LogP contribution >= 0.6 is 0 Å². The van der Waals surface area contributed by atoms with Crippen molar-refractivity contribution in [1.29, 1.82) is 0 Å². The fourth-order valence-electron chi connectivity index (χ4n) is 3.17. The van der Waals surface area contributed by atoms with Crippen LogP contribution in [0.1, 0.15) is 44.7 Å². The van der Waals surface area contributed by atoms with Gasteiger partial charge >= 0.3 is 0 Å². The monoisotopic (exact) mass is 315 g/mol. The maximum atomic E-state index is 12.4. The van der Waals surface area contributed by atoms with Crippen molar-refractivity contribution in [2.24, 2.45) is 0 Å². The largest absolute Gasteiger partial charge is 0.381 e. The lowest BCUT2D eigenvalue weighted by Gasteiger charge is -2.24. The fraction of sp³-hybridized carbons (Fsp3) is 0.556. The van der Waals surface area contributed by atoms with Gasteiger partial charge in [-0.05, 0) is 44.4 Å². The average Bonchev–Trinajstić information content (AvgIpc) is 2.94. The van der Waals surface area contributed by atoms with E-state index in [4.69, 9.17) is 4.74 Å². The number of nitrogens with one attached hydrogen (secondary N) is 1. The zero-order valence-electron chi connectivity index (χ0n) is 13.9. The molecular weight excluding hydrogens is 290 g/mol. The number of carbonyl (C=O) groups is 1. The SMILES string of the molecule is CC[C@@H](C)NC(=O)Cn1c(C2CCOCC2)cc2cccnc21. The molecular formula is C18H25N3O2. The van der Waals surface area contributed by atoms with Gasteiger partial charge in [-0.25, -0.2) is 4.98 Å². The van der Waals surface area contributed by atoms with Crippen molar-refractivity contribution in [3.05, 3.63) is 30.1 Å². The number of amides is 1. The second-order valence-corrected chi connectivity index (χ2v) is 6.34. The minimum Gasteiger partial charge on any atom is -0.381 e. The molecule has 1 amide bonds. The molecule has 124 valence electrons.